The molecule has 3 fully saturated rings. The monoisotopic (exact) mass is 1010 g/mol. The number of aliphatic hydroxyl groups excluding tert-OH is 2. The molecular weight excluding hydrogens is 946 g/mol. The number of benzene rings is 2. The van der Waals surface area contributed by atoms with E-state index in [0.717, 1.165) is 0 Å². The number of aromatic nitrogens is 1. The van der Waals surface area contributed by atoms with Crippen LogP contribution in [0, 0.1) is 11.8 Å². The van der Waals surface area contributed by atoms with E-state index in [1.54, 1.807) is 37.3 Å². The standard InChI is InChI=1S/C51H60ClN3O16/c1-23(2)65-36-15-27-14-33(56)31(19-30(27)43(62-8)44(36)63-9)48(59)54-32-18-29-12-13-35(47(52)53-29)68-37-17-28-11-10-26(38(22-64-49(32)60)69-40-20-34(57)42(55(6)7)24(3)66-40)16-39-51(28,71-39)46(37)70-41-21-50(5,61)45(58)25(4)67-41/h12-17,19,23-25,32,34,37-42,45-46,56-58,61H,18,20-22H2,1-9H3,(H,54,59)/t24-,25-,32?,34-,37-,38?,39-,40-,41-,42+,45?,46+,50+,51?/m0/s1. The molecule has 8 heterocycles. The number of fused-ring (bicyclic) bond motifs is 1. The number of aliphatic hydroxyl groups is 3. The molecule has 14 atom stereocenters. The van der Waals surface area contributed by atoms with Crippen LogP contribution in [0.1, 0.15) is 63.5 Å². The van der Waals surface area contributed by atoms with Crippen LogP contribution in [0.5, 0.6) is 28.7 Å². The number of pyridine rings is 1. The van der Waals surface area contributed by atoms with Crippen molar-refractivity contribution < 1.29 is 77.4 Å². The van der Waals surface area contributed by atoms with Gasteiger partial charge in [0.25, 0.3) is 5.91 Å². The molecule has 7 aliphatic heterocycles. The summed E-state index contributed by atoms with van der Waals surface area (Å²) in [5.74, 6) is 5.36. The predicted octanol–water partition coefficient (Wildman–Crippen LogP) is 3.51. The highest BCUT2D eigenvalue weighted by Gasteiger charge is 2.70. The normalized spacial score (nSPS) is 34.3. The highest BCUT2D eigenvalue weighted by Crippen LogP contribution is 2.55. The Hall–Kier alpha value is -5.24. The predicted molar refractivity (Wildman–Crippen MR) is 253 cm³/mol. The number of halogens is 1. The summed E-state index contributed by atoms with van der Waals surface area (Å²) < 4.78 is 62.1. The summed E-state index contributed by atoms with van der Waals surface area (Å²) in [6.07, 6.45) is -5.71. The molecule has 1 spiro atoms. The second-order valence-corrected chi connectivity index (χ2v) is 19.9. The van der Waals surface area contributed by atoms with E-state index in [0.29, 0.717) is 27.7 Å². The van der Waals surface area contributed by atoms with Gasteiger partial charge in [-0.3, -0.25) is 4.79 Å². The molecule has 2 aromatic carbocycles. The summed E-state index contributed by atoms with van der Waals surface area (Å²) in [4.78, 5) is 35.3. The van der Waals surface area contributed by atoms with Crippen molar-refractivity contribution in [1.29, 1.82) is 0 Å². The van der Waals surface area contributed by atoms with Gasteiger partial charge in [-0.05, 0) is 96.6 Å². The molecule has 3 aromatic rings. The van der Waals surface area contributed by atoms with E-state index in [4.69, 9.17) is 59.0 Å². The summed E-state index contributed by atoms with van der Waals surface area (Å²) >= 11 is 6.84. The van der Waals surface area contributed by atoms with Gasteiger partial charge in [-0.1, -0.05) is 23.4 Å². The first-order valence-corrected chi connectivity index (χ1v) is 24.0. The minimum Gasteiger partial charge on any atom is -0.507 e. The number of nitrogens with one attached hydrogen (secondary N) is 1. The van der Waals surface area contributed by atoms with Crippen LogP contribution in [-0.4, -0.2) is 168 Å². The van der Waals surface area contributed by atoms with Gasteiger partial charge >= 0.3 is 5.97 Å². The summed E-state index contributed by atoms with van der Waals surface area (Å²) in [6, 6.07) is 5.88. The number of phenols is 1. The molecule has 2 aliphatic carbocycles. The van der Waals surface area contributed by atoms with Crippen LogP contribution in [0.4, 0.5) is 0 Å². The lowest BCUT2D eigenvalue weighted by atomic mass is 9.88. The van der Waals surface area contributed by atoms with Crippen LogP contribution in [-0.2, 0) is 39.6 Å². The number of carbonyl (C=O) groups is 2. The first kappa shape index (κ1) is 50.7. The van der Waals surface area contributed by atoms with Crippen molar-refractivity contribution in [3.05, 3.63) is 70.0 Å². The molecule has 0 saturated carbocycles. The van der Waals surface area contributed by atoms with Gasteiger partial charge in [0.05, 0.1) is 55.8 Å². The van der Waals surface area contributed by atoms with Crippen molar-refractivity contribution in [3.8, 4) is 40.6 Å². The number of ether oxygens (including phenoxy) is 10. The zero-order chi connectivity index (χ0) is 50.8. The summed E-state index contributed by atoms with van der Waals surface area (Å²) in [5.41, 5.74) is -1.77. The molecule has 6 bridgehead atoms. The summed E-state index contributed by atoms with van der Waals surface area (Å²) in [5, 5.41) is 48.0. The smallest absolute Gasteiger partial charge is 0.329 e. The Bertz CT molecular complexity index is 2690. The van der Waals surface area contributed by atoms with Gasteiger partial charge in [0, 0.05) is 41.5 Å². The number of esters is 1. The summed E-state index contributed by atoms with van der Waals surface area (Å²) in [6.45, 7) is 8.26. The van der Waals surface area contributed by atoms with Gasteiger partial charge in [-0.25, -0.2) is 9.78 Å². The first-order chi connectivity index (χ1) is 33.7. The minimum absolute atomic E-state index is 0.0704. The van der Waals surface area contributed by atoms with E-state index in [9.17, 15) is 30.0 Å². The van der Waals surface area contributed by atoms with Crippen LogP contribution in [0.3, 0.4) is 0 Å². The number of epoxide rings is 1. The van der Waals surface area contributed by atoms with Crippen molar-refractivity contribution in [2.24, 2.45) is 0 Å². The number of aromatic hydroxyl groups is 1. The van der Waals surface area contributed by atoms with Gasteiger partial charge < -0.3 is 78.0 Å². The SMILES string of the molecule is COc1c(OC(C)C)cc2cc(O)c(C(=O)NC3Cc4ccc(c(Cl)n4)O[C@H]4C=C5C#CC(=C[C@@H]6OC56[C@@H]4O[C@H]4C[C@@](C)(O)C(O)[C@H](C)O4)C(O[C@H]4C[C@H](O)[C@H](N(C)C)[C@H](C)O4)COC3=O)cc2c1OC. The third-order valence-electron chi connectivity index (χ3n) is 13.8. The highest BCUT2D eigenvalue weighted by molar-refractivity contribution is 6.30. The number of nitrogens with zero attached hydrogens (tertiary/aromatic N) is 2. The van der Waals surface area contributed by atoms with Crippen molar-refractivity contribution >= 4 is 34.2 Å². The number of amides is 1. The molecule has 1 aromatic heterocycles. The zero-order valence-corrected chi connectivity index (χ0v) is 41.6. The molecule has 1 amide bonds. The van der Waals surface area contributed by atoms with E-state index < -0.39 is 103 Å². The fraction of sp³-hybridized carbons (Fsp3) is 0.549. The maximum atomic E-state index is 14.5. The van der Waals surface area contributed by atoms with E-state index in [2.05, 4.69) is 22.1 Å². The maximum absolute atomic E-state index is 14.5. The fourth-order valence-corrected chi connectivity index (χ4v) is 10.5. The maximum Gasteiger partial charge on any atom is 0.329 e. The lowest BCUT2D eigenvalue weighted by Gasteiger charge is -2.43. The van der Waals surface area contributed by atoms with Gasteiger partial charge in [0.15, 0.2) is 40.6 Å². The number of hydrogen-bond acceptors (Lipinski definition) is 18. The molecule has 19 nitrogen and oxygen atoms in total. The van der Waals surface area contributed by atoms with Crippen molar-refractivity contribution in [1.82, 2.24) is 15.2 Å². The van der Waals surface area contributed by atoms with Crippen molar-refractivity contribution in [2.75, 3.05) is 34.9 Å². The second kappa shape index (κ2) is 19.6. The molecular formula is C51H60ClN3O16. The fourth-order valence-electron chi connectivity index (χ4n) is 10.3. The van der Waals surface area contributed by atoms with E-state index in [1.807, 2.05) is 39.8 Å². The largest absolute Gasteiger partial charge is 0.507 e. The third kappa shape index (κ3) is 9.75. The molecule has 71 heavy (non-hydrogen) atoms. The number of phenolic OH excluding ortho intramolecular Hbond substituents is 1. The Morgan fingerprint density at radius 1 is 1.01 bits per heavy atom. The van der Waals surface area contributed by atoms with Crippen molar-refractivity contribution in [2.45, 2.75) is 145 Å². The van der Waals surface area contributed by atoms with Gasteiger partial charge in [0.2, 0.25) is 5.75 Å². The van der Waals surface area contributed by atoms with Gasteiger partial charge in [0.1, 0.15) is 48.9 Å². The van der Waals surface area contributed by atoms with Crippen LogP contribution >= 0.6 is 11.6 Å². The average Bonchev–Trinajstić information content (AvgIpc) is 3.97. The van der Waals surface area contributed by atoms with Crippen LogP contribution < -0.4 is 24.3 Å². The molecule has 5 N–H and O–H groups in total. The van der Waals surface area contributed by atoms with Crippen LogP contribution in [0.15, 0.2) is 53.6 Å². The molecule has 12 rings (SSSR count). The Labute approximate surface area is 415 Å². The van der Waals surface area contributed by atoms with E-state index in [-0.39, 0.29) is 65.1 Å². The van der Waals surface area contributed by atoms with E-state index >= 15 is 0 Å². The number of methoxy groups -OCH3 is 2. The molecule has 3 saturated heterocycles. The number of carbonyl (C=O) groups excluding carboxylic acids is 2. The number of likely N-dealkylation sites (N-methyl/N-ethyl adjacent to an activating group) is 1. The molecule has 9 aliphatic rings. The number of hydrogen-bond donors (Lipinski definition) is 5. The van der Waals surface area contributed by atoms with E-state index in [1.165, 1.54) is 33.3 Å². The van der Waals surface area contributed by atoms with Crippen molar-refractivity contribution in [3.63, 3.8) is 0 Å². The topological polar surface area (TPSA) is 239 Å². The Morgan fingerprint density at radius 2 is 1.76 bits per heavy atom. The lowest BCUT2D eigenvalue weighted by molar-refractivity contribution is -0.290. The van der Waals surface area contributed by atoms with Crippen LogP contribution in [0.25, 0.3) is 10.8 Å². The Morgan fingerprint density at radius 3 is 2.44 bits per heavy atom. The van der Waals surface area contributed by atoms with Gasteiger partial charge in [-0.15, -0.1) is 0 Å². The quantitative estimate of drug-likeness (QED) is 0.0800. The molecule has 20 heteroatoms. The molecule has 0 radical (unpaired) electrons. The zero-order valence-electron chi connectivity index (χ0n) is 40.8. The third-order valence-corrected chi connectivity index (χ3v) is 14.0. The highest BCUT2D eigenvalue weighted by atomic mass is 35.5. The Balaban J connectivity index is 1.07. The number of rotatable bonds is 11. The van der Waals surface area contributed by atoms with Gasteiger partial charge in [-0.2, -0.15) is 0 Å². The minimum atomic E-state index is -1.54. The lowest BCUT2D eigenvalue weighted by Crippen LogP contribution is -2.57. The average molecular weight is 1010 g/mol. The summed E-state index contributed by atoms with van der Waals surface area (Å²) in [7, 11) is 6.60. The molecule has 382 valence electrons. The Kier molecular flexibility index (Phi) is 14.0. The first-order valence-electron chi connectivity index (χ1n) is 23.6. The molecule has 4 unspecified atom stereocenters. The van der Waals surface area contributed by atoms with Crippen LogP contribution in [0.2, 0.25) is 5.15 Å². The second-order valence-electron chi connectivity index (χ2n) is 19.5.